The lowest BCUT2D eigenvalue weighted by atomic mass is 10.0. The number of ether oxygens (including phenoxy) is 1. The van der Waals surface area contributed by atoms with E-state index in [2.05, 4.69) is 24.6 Å². The minimum atomic E-state index is -4.55. The van der Waals surface area contributed by atoms with Crippen molar-refractivity contribution < 1.29 is 31.1 Å². The predicted molar refractivity (Wildman–Crippen MR) is 159 cm³/mol. The van der Waals surface area contributed by atoms with Crippen LogP contribution in [0.3, 0.4) is 0 Å². The summed E-state index contributed by atoms with van der Waals surface area (Å²) in [4.78, 5) is 27.1. The number of sulfonamides is 1. The number of carbonyl (C=O) groups excluding carboxylic acids is 1. The molecule has 0 amide bonds. The molecule has 0 atom stereocenters. The predicted octanol–water partition coefficient (Wildman–Crippen LogP) is 3.77. The summed E-state index contributed by atoms with van der Waals surface area (Å²) in [5.74, 6) is -2.83. The molecule has 44 heavy (non-hydrogen) atoms. The fourth-order valence-corrected chi connectivity index (χ4v) is 5.98. The Bertz CT molecular complexity index is 1880. The second-order valence-electron chi connectivity index (χ2n) is 9.99. The van der Waals surface area contributed by atoms with E-state index in [1.807, 2.05) is 4.90 Å². The van der Waals surface area contributed by atoms with E-state index in [4.69, 9.17) is 10.5 Å². The molecule has 11 nitrogen and oxygen atoms in total. The summed E-state index contributed by atoms with van der Waals surface area (Å²) >= 11 is 0. The van der Waals surface area contributed by atoms with Crippen LogP contribution < -0.4 is 20.1 Å². The Morgan fingerprint density at radius 1 is 1.09 bits per heavy atom. The summed E-state index contributed by atoms with van der Waals surface area (Å²) < 4.78 is 77.3. The molecule has 1 aliphatic rings. The first-order valence-electron chi connectivity index (χ1n) is 13.4. The van der Waals surface area contributed by atoms with Gasteiger partial charge in [-0.15, -0.1) is 0 Å². The van der Waals surface area contributed by atoms with Gasteiger partial charge in [-0.05, 0) is 43.3 Å². The van der Waals surface area contributed by atoms with E-state index in [0.29, 0.717) is 44.6 Å². The molecule has 0 saturated carbocycles. The standard InChI is InChI=1S/C29H28F3N7O4S/c1-17(40)4-3-9-38-10-12-39(13-11-38)27-25-22(35-29(33)36-27)7-6-20(26(25)32)18-14-23(28(43-2)34-16-18)37-44(41,42)24-8-5-19(30)15-21(24)31/h3-8,14-16,37H,9-13H2,1-2H3,(H2,33,35,36)/b4-3+. The first-order chi connectivity index (χ1) is 21.0. The third-order valence-electron chi connectivity index (χ3n) is 6.97. The van der Waals surface area contributed by atoms with Gasteiger partial charge < -0.3 is 15.4 Å². The number of hydrogen-bond acceptors (Lipinski definition) is 10. The van der Waals surface area contributed by atoms with Crippen LogP contribution in [0.5, 0.6) is 5.88 Å². The molecule has 0 unspecified atom stereocenters. The number of rotatable bonds is 9. The Kier molecular flexibility index (Phi) is 8.69. The van der Waals surface area contributed by atoms with Crippen LogP contribution in [0.25, 0.3) is 22.0 Å². The van der Waals surface area contributed by atoms with Crippen molar-refractivity contribution in [2.75, 3.05) is 55.2 Å². The van der Waals surface area contributed by atoms with Crippen molar-refractivity contribution in [3.8, 4) is 17.0 Å². The number of ketones is 1. The summed E-state index contributed by atoms with van der Waals surface area (Å²) in [6, 6.07) is 6.36. The zero-order chi connectivity index (χ0) is 31.6. The van der Waals surface area contributed by atoms with Crippen molar-refractivity contribution in [3.63, 3.8) is 0 Å². The molecule has 1 saturated heterocycles. The fraction of sp³-hybridized carbons (Fsp3) is 0.241. The molecule has 4 aromatic rings. The monoisotopic (exact) mass is 627 g/mol. The number of hydrogen-bond donors (Lipinski definition) is 2. The number of aromatic nitrogens is 3. The lowest BCUT2D eigenvalue weighted by molar-refractivity contribution is -0.112. The molecule has 1 aliphatic heterocycles. The molecule has 0 aliphatic carbocycles. The number of pyridine rings is 1. The minimum Gasteiger partial charge on any atom is -0.480 e. The van der Waals surface area contributed by atoms with E-state index in [1.165, 1.54) is 38.4 Å². The van der Waals surface area contributed by atoms with Crippen LogP contribution in [-0.2, 0) is 14.8 Å². The third-order valence-corrected chi connectivity index (χ3v) is 8.37. The second-order valence-corrected chi connectivity index (χ2v) is 11.6. The highest BCUT2D eigenvalue weighted by atomic mass is 32.2. The average molecular weight is 628 g/mol. The molecule has 0 spiro atoms. The number of halogens is 3. The lowest BCUT2D eigenvalue weighted by Crippen LogP contribution is -2.46. The summed E-state index contributed by atoms with van der Waals surface area (Å²) in [6.07, 6.45) is 4.62. The zero-order valence-corrected chi connectivity index (χ0v) is 24.5. The molecule has 230 valence electrons. The SMILES string of the molecule is COc1ncc(-c2ccc3nc(N)nc(N4CCN(C/C=C/C(C)=O)CC4)c3c2F)cc1NS(=O)(=O)c1ccc(F)cc1F. The first-order valence-corrected chi connectivity index (χ1v) is 14.9. The number of nitrogens with zero attached hydrogens (tertiary/aromatic N) is 5. The van der Waals surface area contributed by atoms with Gasteiger partial charge >= 0.3 is 0 Å². The number of benzene rings is 2. The smallest absolute Gasteiger partial charge is 0.264 e. The van der Waals surface area contributed by atoms with Gasteiger partial charge in [0.2, 0.25) is 11.8 Å². The molecular formula is C29H28F3N7O4S. The maximum Gasteiger partial charge on any atom is 0.264 e. The van der Waals surface area contributed by atoms with E-state index in [-0.39, 0.29) is 45.3 Å². The molecule has 0 radical (unpaired) electrons. The van der Waals surface area contributed by atoms with Gasteiger partial charge in [-0.25, -0.2) is 31.6 Å². The van der Waals surface area contributed by atoms with Gasteiger partial charge in [0.15, 0.2) is 5.78 Å². The number of nitrogen functional groups attached to an aromatic ring is 1. The second kappa shape index (κ2) is 12.5. The quantitative estimate of drug-likeness (QED) is 0.263. The Morgan fingerprint density at radius 3 is 2.52 bits per heavy atom. The first kappa shape index (κ1) is 30.7. The van der Waals surface area contributed by atoms with E-state index in [9.17, 15) is 22.0 Å². The molecule has 3 N–H and O–H groups in total. The topological polar surface area (TPSA) is 144 Å². The average Bonchev–Trinajstić information content (AvgIpc) is 2.96. The molecule has 2 aromatic carbocycles. The van der Waals surface area contributed by atoms with E-state index < -0.39 is 32.4 Å². The highest BCUT2D eigenvalue weighted by Crippen LogP contribution is 2.36. The molecular weight excluding hydrogens is 599 g/mol. The number of nitrogens with one attached hydrogen (secondary N) is 1. The molecule has 5 rings (SSSR count). The van der Waals surface area contributed by atoms with Crippen molar-refractivity contribution in [2.45, 2.75) is 11.8 Å². The number of nitrogens with two attached hydrogens (primary N) is 1. The Morgan fingerprint density at radius 2 is 1.84 bits per heavy atom. The summed E-state index contributed by atoms with van der Waals surface area (Å²) in [7, 11) is -3.30. The van der Waals surface area contributed by atoms with Gasteiger partial charge in [-0.2, -0.15) is 4.98 Å². The molecule has 2 aromatic heterocycles. The van der Waals surface area contributed by atoms with Gasteiger partial charge in [0.05, 0.1) is 18.0 Å². The summed E-state index contributed by atoms with van der Waals surface area (Å²) in [6.45, 7) is 4.38. The van der Waals surface area contributed by atoms with Crippen LogP contribution in [0.15, 0.2) is 59.6 Å². The highest BCUT2D eigenvalue weighted by Gasteiger charge is 2.25. The van der Waals surface area contributed by atoms with Crippen LogP contribution >= 0.6 is 0 Å². The third kappa shape index (κ3) is 6.43. The molecule has 15 heteroatoms. The molecule has 0 bridgehead atoms. The summed E-state index contributed by atoms with van der Waals surface area (Å²) in [5.41, 5.74) is 6.28. The maximum absolute atomic E-state index is 16.3. The zero-order valence-electron chi connectivity index (χ0n) is 23.7. The minimum absolute atomic E-state index is 0.0256. The summed E-state index contributed by atoms with van der Waals surface area (Å²) in [5, 5.41) is 0.118. The van der Waals surface area contributed by atoms with Crippen LogP contribution in [0.2, 0.25) is 0 Å². The van der Waals surface area contributed by atoms with Crippen molar-refractivity contribution in [2.24, 2.45) is 0 Å². The fourth-order valence-electron chi connectivity index (χ4n) is 4.87. The van der Waals surface area contributed by atoms with Crippen molar-refractivity contribution in [3.05, 3.63) is 72.2 Å². The van der Waals surface area contributed by atoms with Gasteiger partial charge in [0, 0.05) is 56.1 Å². The number of piperazine rings is 1. The van der Waals surface area contributed by atoms with Crippen LogP contribution in [0.1, 0.15) is 6.92 Å². The number of methoxy groups -OCH3 is 1. The van der Waals surface area contributed by atoms with Crippen LogP contribution in [0.4, 0.5) is 30.6 Å². The molecule has 1 fully saturated rings. The van der Waals surface area contributed by atoms with Crippen molar-refractivity contribution in [1.82, 2.24) is 19.9 Å². The lowest BCUT2D eigenvalue weighted by Gasteiger charge is -2.35. The molecule has 3 heterocycles. The number of carbonyl (C=O) groups is 1. The van der Waals surface area contributed by atoms with E-state index in [0.717, 1.165) is 12.1 Å². The van der Waals surface area contributed by atoms with Crippen molar-refractivity contribution >= 4 is 44.2 Å². The Labute approximate surface area is 251 Å². The van der Waals surface area contributed by atoms with Crippen LogP contribution in [0, 0.1) is 17.5 Å². The normalized spacial score (nSPS) is 14.3. The highest BCUT2D eigenvalue weighted by molar-refractivity contribution is 7.92. The van der Waals surface area contributed by atoms with Gasteiger partial charge in [-0.3, -0.25) is 14.4 Å². The largest absolute Gasteiger partial charge is 0.480 e. The maximum atomic E-state index is 16.3. The van der Waals surface area contributed by atoms with Crippen molar-refractivity contribution in [1.29, 1.82) is 0 Å². The van der Waals surface area contributed by atoms with Gasteiger partial charge in [0.1, 0.15) is 33.9 Å². The number of fused-ring (bicyclic) bond motifs is 1. The van der Waals surface area contributed by atoms with Gasteiger partial charge in [0.25, 0.3) is 10.0 Å². The number of allylic oxidation sites excluding steroid dienone is 1. The van der Waals surface area contributed by atoms with E-state index >= 15 is 4.39 Å². The Hall–Kier alpha value is -4.76. The Balaban J connectivity index is 1.50. The van der Waals surface area contributed by atoms with E-state index in [1.54, 1.807) is 12.1 Å². The van der Waals surface area contributed by atoms with Gasteiger partial charge in [-0.1, -0.05) is 6.08 Å². The van der Waals surface area contributed by atoms with Crippen LogP contribution in [-0.4, -0.2) is 73.9 Å². The number of anilines is 3.